The van der Waals surface area contributed by atoms with Crippen LogP contribution in [0.2, 0.25) is 0 Å². The lowest BCUT2D eigenvalue weighted by atomic mass is 10.1. The summed E-state index contributed by atoms with van der Waals surface area (Å²) in [5, 5.41) is 3.06. The Morgan fingerprint density at radius 3 is 2.61 bits per heavy atom. The van der Waals surface area contributed by atoms with Gasteiger partial charge in [0.2, 0.25) is 0 Å². The molecule has 3 rings (SSSR count). The summed E-state index contributed by atoms with van der Waals surface area (Å²) in [6.07, 6.45) is -0.712. The number of furan rings is 1. The molecule has 1 amide bonds. The van der Waals surface area contributed by atoms with Crippen LogP contribution in [0.3, 0.4) is 0 Å². The fourth-order valence-electron chi connectivity index (χ4n) is 2.37. The van der Waals surface area contributed by atoms with Crippen LogP contribution in [0.5, 0.6) is 0 Å². The third kappa shape index (κ3) is 4.56. The highest BCUT2D eigenvalue weighted by molar-refractivity contribution is 6.10. The highest BCUT2D eigenvalue weighted by Crippen LogP contribution is 2.27. The minimum Gasteiger partial charge on any atom is -0.472 e. The lowest BCUT2D eigenvalue weighted by Gasteiger charge is -2.12. The molecule has 0 saturated carbocycles. The molecule has 0 bridgehead atoms. The average molecular weight is 388 g/mol. The van der Waals surface area contributed by atoms with Crippen molar-refractivity contribution in [3.8, 4) is 0 Å². The minimum absolute atomic E-state index is 0.000144. The van der Waals surface area contributed by atoms with Gasteiger partial charge >= 0.3 is 6.18 Å². The number of carbonyl (C=O) groups is 1. The molecule has 0 radical (unpaired) electrons. The van der Waals surface area contributed by atoms with Gasteiger partial charge in [-0.05, 0) is 29.8 Å². The molecule has 0 aliphatic heterocycles. The summed E-state index contributed by atoms with van der Waals surface area (Å²) >= 11 is 0. The molecule has 0 fully saturated rings. The number of hydrogen-bond donors (Lipinski definition) is 2. The van der Waals surface area contributed by atoms with Gasteiger partial charge in [0.1, 0.15) is 17.8 Å². The Hall–Kier alpha value is -3.62. The maximum Gasteiger partial charge on any atom is 0.433 e. The zero-order valence-electron chi connectivity index (χ0n) is 14.4. The van der Waals surface area contributed by atoms with Crippen LogP contribution in [0.1, 0.15) is 27.2 Å². The number of para-hydroxylation sites is 1. The number of amides is 1. The molecule has 9 heteroatoms. The lowest BCUT2D eigenvalue weighted by molar-refractivity contribution is -0.141. The molecule has 1 aromatic carbocycles. The number of halogens is 3. The maximum atomic E-state index is 12.6. The summed E-state index contributed by atoms with van der Waals surface area (Å²) in [5.41, 5.74) is 6.88. The number of carbonyl (C=O) groups excluding carboxylic acids is 1. The third-order valence-electron chi connectivity index (χ3n) is 3.79. The Balaban J connectivity index is 1.74. The zero-order chi connectivity index (χ0) is 20.1. The van der Waals surface area contributed by atoms with E-state index in [9.17, 15) is 18.0 Å². The fourth-order valence-corrected chi connectivity index (χ4v) is 2.37. The van der Waals surface area contributed by atoms with E-state index in [0.717, 1.165) is 12.3 Å². The Morgan fingerprint density at radius 2 is 1.96 bits per heavy atom. The average Bonchev–Trinajstić information content (AvgIpc) is 3.21. The third-order valence-corrected chi connectivity index (χ3v) is 3.79. The molecule has 0 unspecified atom stereocenters. The molecule has 6 nitrogen and oxygen atoms in total. The van der Waals surface area contributed by atoms with Crippen molar-refractivity contribution in [3.63, 3.8) is 0 Å². The van der Waals surface area contributed by atoms with E-state index >= 15 is 0 Å². The summed E-state index contributed by atoms with van der Waals surface area (Å²) in [4.78, 5) is 19.3. The molecule has 0 atom stereocenters. The lowest BCUT2D eigenvalue weighted by Crippen LogP contribution is -2.18. The molecule has 3 N–H and O–H groups in total. The van der Waals surface area contributed by atoms with Crippen molar-refractivity contribution in [2.45, 2.75) is 12.7 Å². The topological polar surface area (TPSA) is 93.5 Å². The van der Waals surface area contributed by atoms with Crippen molar-refractivity contribution >= 4 is 17.4 Å². The predicted molar refractivity (Wildman–Crippen MR) is 96.8 cm³/mol. The summed E-state index contributed by atoms with van der Waals surface area (Å²) in [6, 6.07) is 10.6. The number of amidine groups is 1. The molecule has 0 saturated heterocycles. The van der Waals surface area contributed by atoms with E-state index in [-0.39, 0.29) is 17.9 Å². The van der Waals surface area contributed by atoms with Gasteiger partial charge in [-0.25, -0.2) is 0 Å². The van der Waals surface area contributed by atoms with Crippen LogP contribution in [0.4, 0.5) is 18.9 Å². The first-order valence-corrected chi connectivity index (χ1v) is 8.10. The second kappa shape index (κ2) is 7.95. The highest BCUT2D eigenvalue weighted by atomic mass is 19.4. The quantitative estimate of drug-likeness (QED) is 0.512. The largest absolute Gasteiger partial charge is 0.472 e. The normalized spacial score (nSPS) is 12.0. The van der Waals surface area contributed by atoms with Crippen LogP contribution in [-0.4, -0.2) is 16.7 Å². The van der Waals surface area contributed by atoms with Gasteiger partial charge in [-0.2, -0.15) is 18.2 Å². The van der Waals surface area contributed by atoms with Crippen molar-refractivity contribution in [3.05, 3.63) is 83.6 Å². The van der Waals surface area contributed by atoms with Crippen LogP contribution in [-0.2, 0) is 12.7 Å². The number of nitrogens with one attached hydrogen (secondary N) is 1. The first kappa shape index (κ1) is 19.2. The van der Waals surface area contributed by atoms with Crippen molar-refractivity contribution in [2.75, 3.05) is 5.32 Å². The molecular formula is C19H15F3N4O2. The molecule has 0 spiro atoms. The molecule has 144 valence electrons. The SMILES string of the molecule is NC(=NC(=O)c1ccoc1)c1ccccc1NCc1ccc(C(F)(F)F)nc1. The second-order valence-electron chi connectivity index (χ2n) is 5.76. The molecule has 0 aliphatic rings. The fraction of sp³-hybridized carbons (Fsp3) is 0.105. The first-order valence-electron chi connectivity index (χ1n) is 8.10. The van der Waals surface area contributed by atoms with Gasteiger partial charge in [-0.15, -0.1) is 0 Å². The van der Waals surface area contributed by atoms with E-state index in [1.54, 1.807) is 24.3 Å². The van der Waals surface area contributed by atoms with Gasteiger partial charge in [0.25, 0.3) is 5.91 Å². The Bertz CT molecular complexity index is 981. The number of hydrogen-bond acceptors (Lipinski definition) is 4. The Morgan fingerprint density at radius 1 is 1.18 bits per heavy atom. The number of anilines is 1. The standard InChI is InChI=1S/C19H15F3N4O2/c20-19(21,22)16-6-5-12(10-25-16)9-24-15-4-2-1-3-14(15)17(23)26-18(27)13-7-8-28-11-13/h1-8,10-11,24H,9H2,(H2,23,26,27). The van der Waals surface area contributed by atoms with Gasteiger partial charge in [-0.1, -0.05) is 18.2 Å². The van der Waals surface area contributed by atoms with Crippen molar-refractivity contribution < 1.29 is 22.4 Å². The summed E-state index contributed by atoms with van der Waals surface area (Å²) in [5.74, 6) is -0.548. The molecule has 2 aromatic heterocycles. The summed E-state index contributed by atoms with van der Waals surface area (Å²) in [6.45, 7) is 0.213. The van der Waals surface area contributed by atoms with Crippen LogP contribution >= 0.6 is 0 Å². The molecular weight excluding hydrogens is 373 g/mol. The number of rotatable bonds is 5. The van der Waals surface area contributed by atoms with Crippen molar-refractivity contribution in [1.82, 2.24) is 4.98 Å². The molecule has 0 aliphatic carbocycles. The molecule has 2 heterocycles. The number of alkyl halides is 3. The number of benzene rings is 1. The molecule has 28 heavy (non-hydrogen) atoms. The monoisotopic (exact) mass is 388 g/mol. The predicted octanol–water partition coefficient (Wildman–Crippen LogP) is 3.85. The van der Waals surface area contributed by atoms with Gasteiger partial charge in [0.15, 0.2) is 0 Å². The Kier molecular flexibility index (Phi) is 5.44. The number of nitrogens with zero attached hydrogens (tertiary/aromatic N) is 2. The van der Waals surface area contributed by atoms with Gasteiger partial charge < -0.3 is 15.5 Å². The smallest absolute Gasteiger partial charge is 0.433 e. The summed E-state index contributed by atoms with van der Waals surface area (Å²) in [7, 11) is 0. The van der Waals surface area contributed by atoms with E-state index in [0.29, 0.717) is 16.8 Å². The second-order valence-corrected chi connectivity index (χ2v) is 5.76. The van der Waals surface area contributed by atoms with Crippen molar-refractivity contribution in [2.24, 2.45) is 10.7 Å². The van der Waals surface area contributed by atoms with Crippen LogP contribution < -0.4 is 11.1 Å². The van der Waals surface area contributed by atoms with E-state index in [4.69, 9.17) is 10.2 Å². The van der Waals surface area contributed by atoms with E-state index in [1.165, 1.54) is 24.7 Å². The van der Waals surface area contributed by atoms with Gasteiger partial charge in [-0.3, -0.25) is 9.78 Å². The first-order chi connectivity index (χ1) is 13.3. The number of pyridine rings is 1. The summed E-state index contributed by atoms with van der Waals surface area (Å²) < 4.78 is 42.6. The van der Waals surface area contributed by atoms with Gasteiger partial charge in [0.05, 0.1) is 11.8 Å². The maximum absolute atomic E-state index is 12.6. The van der Waals surface area contributed by atoms with Gasteiger partial charge in [0, 0.05) is 24.0 Å². The van der Waals surface area contributed by atoms with Crippen LogP contribution in [0, 0.1) is 0 Å². The zero-order valence-corrected chi connectivity index (χ0v) is 14.4. The van der Waals surface area contributed by atoms with E-state index in [2.05, 4.69) is 15.3 Å². The van der Waals surface area contributed by atoms with Crippen molar-refractivity contribution in [1.29, 1.82) is 0 Å². The number of aromatic nitrogens is 1. The van der Waals surface area contributed by atoms with E-state index in [1.807, 2.05) is 0 Å². The highest BCUT2D eigenvalue weighted by Gasteiger charge is 2.31. The number of aliphatic imine (C=N–C) groups is 1. The minimum atomic E-state index is -4.48. The molecule has 3 aromatic rings. The van der Waals surface area contributed by atoms with Crippen LogP contribution in [0.25, 0.3) is 0 Å². The van der Waals surface area contributed by atoms with E-state index < -0.39 is 17.8 Å². The number of nitrogens with two attached hydrogens (primary N) is 1. The Labute approximate surface area is 157 Å². The van der Waals surface area contributed by atoms with Crippen LogP contribution in [0.15, 0.2) is 70.6 Å².